The molecule has 0 saturated heterocycles. The van der Waals surface area contributed by atoms with Crippen molar-refractivity contribution in [3.05, 3.63) is 44.5 Å². The molecular weight excluding hydrogens is 411 g/mol. The van der Waals surface area contributed by atoms with Gasteiger partial charge in [-0.2, -0.15) is 4.39 Å². The van der Waals surface area contributed by atoms with Crippen LogP contribution in [0, 0.1) is 40.3 Å². The van der Waals surface area contributed by atoms with Crippen molar-refractivity contribution in [2.75, 3.05) is 0 Å². The number of nitrogens with one attached hydrogen (secondary N) is 1. The van der Waals surface area contributed by atoms with Crippen molar-refractivity contribution in [2.24, 2.45) is 34.5 Å². The van der Waals surface area contributed by atoms with E-state index >= 15 is 0 Å². The van der Waals surface area contributed by atoms with Crippen molar-refractivity contribution < 1.29 is 14.0 Å². The second kappa shape index (κ2) is 7.35. The molecule has 3 saturated carbocycles. The Morgan fingerprint density at radius 3 is 2.66 bits per heavy atom. The summed E-state index contributed by atoms with van der Waals surface area (Å²) in [6.45, 7) is 4.17. The first-order valence-corrected chi connectivity index (χ1v) is 11.9. The maximum absolute atomic E-state index is 13.7. The van der Waals surface area contributed by atoms with E-state index < -0.39 is 17.1 Å². The van der Waals surface area contributed by atoms with E-state index in [-0.39, 0.29) is 34.9 Å². The normalized spacial score (nSPS) is 38.5. The number of halogens is 1. The molecule has 0 radical (unpaired) electrons. The van der Waals surface area contributed by atoms with Crippen molar-refractivity contribution >= 4 is 11.6 Å². The highest BCUT2D eigenvalue weighted by molar-refractivity contribution is 5.91. The van der Waals surface area contributed by atoms with Gasteiger partial charge in [-0.15, -0.1) is 0 Å². The zero-order valence-corrected chi connectivity index (χ0v) is 18.8. The SMILES string of the molecule is C[C@]12CC[C@H]3[C@@H](CCC4=CC(=O)CC[C@@]43C)[C@@H]1CC[C@@H]2C(=O)Cn1c(=O)[nH]cc(F)c1=O. The maximum Gasteiger partial charge on any atom is 0.328 e. The van der Waals surface area contributed by atoms with Gasteiger partial charge in [0, 0.05) is 18.5 Å². The Hall–Kier alpha value is -2.31. The number of carbonyl (C=O) groups is 2. The number of Topliss-reactive ketones (excluding diaryl/α,β-unsaturated/α-hetero) is 1. The number of rotatable bonds is 3. The molecule has 0 unspecified atom stereocenters. The zero-order chi connectivity index (χ0) is 22.8. The molecule has 0 bridgehead atoms. The van der Waals surface area contributed by atoms with E-state index in [4.69, 9.17) is 0 Å². The van der Waals surface area contributed by atoms with Crippen LogP contribution < -0.4 is 11.2 Å². The number of allylic oxidation sites excluding steroid dienone is 1. The standard InChI is InChI=1S/C25H31FN2O4/c1-24-9-7-15(29)11-14(24)3-4-16-17-5-6-19(25(17,2)10-8-18(16)24)21(30)13-28-22(31)20(26)12-27-23(28)32/h11-12,16-19H,3-10,13H2,1-2H3,(H,27,32)/t16-,17-,18-,19+,24-,25-/m0/s1. The third-order valence-corrected chi connectivity index (χ3v) is 9.68. The maximum atomic E-state index is 13.7. The number of H-pyrrole nitrogens is 1. The summed E-state index contributed by atoms with van der Waals surface area (Å²) >= 11 is 0. The van der Waals surface area contributed by atoms with Crippen LogP contribution in [0.2, 0.25) is 0 Å². The molecule has 7 heteroatoms. The lowest BCUT2D eigenvalue weighted by Crippen LogP contribution is -2.51. The summed E-state index contributed by atoms with van der Waals surface area (Å²) in [4.78, 5) is 51.6. The number of carbonyl (C=O) groups excluding carboxylic acids is 2. The Balaban J connectivity index is 1.40. The van der Waals surface area contributed by atoms with E-state index in [0.29, 0.717) is 28.7 Å². The van der Waals surface area contributed by atoms with Crippen LogP contribution in [0.3, 0.4) is 0 Å². The lowest BCUT2D eigenvalue weighted by atomic mass is 9.46. The summed E-state index contributed by atoms with van der Waals surface area (Å²) in [6, 6.07) is 0. The lowest BCUT2D eigenvalue weighted by molar-refractivity contribution is -0.131. The molecule has 6 atom stereocenters. The third-order valence-electron chi connectivity index (χ3n) is 9.68. The fraction of sp³-hybridized carbons (Fsp3) is 0.680. The van der Waals surface area contributed by atoms with Crippen LogP contribution in [0.15, 0.2) is 27.4 Å². The summed E-state index contributed by atoms with van der Waals surface area (Å²) < 4.78 is 14.4. The molecule has 1 N–H and O–H groups in total. The molecule has 0 amide bonds. The van der Waals surface area contributed by atoms with Gasteiger partial charge >= 0.3 is 5.69 Å². The minimum atomic E-state index is -1.06. The molecule has 0 spiro atoms. The lowest BCUT2D eigenvalue weighted by Gasteiger charge is -2.58. The second-order valence-corrected chi connectivity index (χ2v) is 10.9. The van der Waals surface area contributed by atoms with Crippen LogP contribution in [0.4, 0.5) is 4.39 Å². The van der Waals surface area contributed by atoms with Crippen molar-refractivity contribution in [1.82, 2.24) is 9.55 Å². The molecule has 1 heterocycles. The summed E-state index contributed by atoms with van der Waals surface area (Å²) in [6.07, 6.45) is 9.91. The number of hydrogen-bond acceptors (Lipinski definition) is 4. The topological polar surface area (TPSA) is 89.0 Å². The monoisotopic (exact) mass is 442 g/mol. The van der Waals surface area contributed by atoms with Gasteiger partial charge in [0.15, 0.2) is 11.6 Å². The Morgan fingerprint density at radius 1 is 1.09 bits per heavy atom. The van der Waals surface area contributed by atoms with Gasteiger partial charge in [-0.3, -0.25) is 19.0 Å². The number of aromatic amines is 1. The van der Waals surface area contributed by atoms with E-state index in [9.17, 15) is 23.6 Å². The minimum absolute atomic E-state index is 0.0857. The first kappa shape index (κ1) is 21.5. The van der Waals surface area contributed by atoms with Crippen LogP contribution in [-0.4, -0.2) is 21.1 Å². The van der Waals surface area contributed by atoms with Gasteiger partial charge in [-0.25, -0.2) is 4.79 Å². The van der Waals surface area contributed by atoms with Crippen molar-refractivity contribution in [3.63, 3.8) is 0 Å². The fourth-order valence-electron chi connectivity index (χ4n) is 7.98. The smallest absolute Gasteiger partial charge is 0.311 e. The van der Waals surface area contributed by atoms with Gasteiger partial charge in [0.1, 0.15) is 0 Å². The Morgan fingerprint density at radius 2 is 1.88 bits per heavy atom. The number of fused-ring (bicyclic) bond motifs is 5. The van der Waals surface area contributed by atoms with E-state index in [1.807, 2.05) is 6.08 Å². The Bertz CT molecular complexity index is 1130. The predicted molar refractivity (Wildman–Crippen MR) is 116 cm³/mol. The Labute approximate surface area is 186 Å². The van der Waals surface area contributed by atoms with E-state index in [1.165, 1.54) is 5.57 Å². The summed E-state index contributed by atoms with van der Waals surface area (Å²) in [5, 5.41) is 0. The quantitative estimate of drug-likeness (QED) is 0.777. The third kappa shape index (κ3) is 3.03. The summed E-state index contributed by atoms with van der Waals surface area (Å²) in [7, 11) is 0. The number of hydrogen-bond donors (Lipinski definition) is 1. The molecular formula is C25H31FN2O4. The van der Waals surface area contributed by atoms with Gasteiger partial charge in [-0.1, -0.05) is 19.4 Å². The molecule has 4 aliphatic rings. The van der Waals surface area contributed by atoms with E-state index in [0.717, 1.165) is 51.1 Å². The van der Waals surface area contributed by atoms with Gasteiger partial charge in [0.05, 0.1) is 6.54 Å². The molecule has 0 aromatic carbocycles. The average molecular weight is 443 g/mol. The molecule has 1 aromatic heterocycles. The van der Waals surface area contributed by atoms with Crippen LogP contribution in [-0.2, 0) is 16.1 Å². The van der Waals surface area contributed by atoms with Crippen LogP contribution >= 0.6 is 0 Å². The van der Waals surface area contributed by atoms with Crippen LogP contribution in [0.25, 0.3) is 0 Å². The molecule has 3 fully saturated rings. The average Bonchev–Trinajstić information content (AvgIpc) is 3.11. The van der Waals surface area contributed by atoms with Gasteiger partial charge in [-0.05, 0) is 79.6 Å². The zero-order valence-electron chi connectivity index (χ0n) is 18.8. The first-order chi connectivity index (χ1) is 15.1. The molecule has 5 rings (SSSR count). The number of ketones is 2. The number of nitrogens with zero attached hydrogens (tertiary/aromatic N) is 1. The predicted octanol–water partition coefficient (Wildman–Crippen LogP) is 3.39. The largest absolute Gasteiger partial charge is 0.328 e. The van der Waals surface area contributed by atoms with Gasteiger partial charge in [0.2, 0.25) is 5.82 Å². The Kier molecular flexibility index (Phi) is 4.95. The van der Waals surface area contributed by atoms with E-state index in [1.54, 1.807) is 0 Å². The highest BCUT2D eigenvalue weighted by atomic mass is 19.1. The first-order valence-electron chi connectivity index (χ1n) is 11.9. The van der Waals surface area contributed by atoms with Crippen LogP contribution in [0.1, 0.15) is 65.2 Å². The van der Waals surface area contributed by atoms with E-state index in [2.05, 4.69) is 18.8 Å². The molecule has 172 valence electrons. The minimum Gasteiger partial charge on any atom is -0.311 e. The summed E-state index contributed by atoms with van der Waals surface area (Å²) in [5.74, 6) is 0.328. The van der Waals surface area contributed by atoms with Crippen LogP contribution in [0.5, 0.6) is 0 Å². The highest BCUT2D eigenvalue weighted by Gasteiger charge is 2.60. The van der Waals surface area contributed by atoms with Crippen molar-refractivity contribution in [2.45, 2.75) is 71.8 Å². The van der Waals surface area contributed by atoms with Gasteiger partial charge in [0.25, 0.3) is 5.56 Å². The molecule has 4 aliphatic carbocycles. The number of aromatic nitrogens is 2. The highest BCUT2D eigenvalue weighted by Crippen LogP contribution is 2.66. The molecule has 6 nitrogen and oxygen atoms in total. The summed E-state index contributed by atoms with van der Waals surface area (Å²) in [5.41, 5.74) is -0.544. The fourth-order valence-corrected chi connectivity index (χ4v) is 7.98. The van der Waals surface area contributed by atoms with Gasteiger partial charge < -0.3 is 4.98 Å². The second-order valence-electron chi connectivity index (χ2n) is 10.9. The molecule has 0 aliphatic heterocycles. The van der Waals surface area contributed by atoms with Crippen molar-refractivity contribution in [1.29, 1.82) is 0 Å². The molecule has 1 aromatic rings. The van der Waals surface area contributed by atoms with Crippen molar-refractivity contribution in [3.8, 4) is 0 Å². The molecule has 32 heavy (non-hydrogen) atoms.